The second kappa shape index (κ2) is 7.52. The number of nitrogens with zero attached hydrogens (tertiary/aromatic N) is 1. The molecule has 1 saturated heterocycles. The van der Waals surface area contributed by atoms with Gasteiger partial charge in [0, 0.05) is 6.54 Å². The number of esters is 1. The lowest BCUT2D eigenvalue weighted by atomic mass is 9.96. The number of likely N-dealkylation sites (tertiary alicyclic amines) is 1. The summed E-state index contributed by atoms with van der Waals surface area (Å²) in [6.07, 6.45) is 0.883. The van der Waals surface area contributed by atoms with Crippen molar-refractivity contribution >= 4 is 5.97 Å². The number of benzene rings is 1. The van der Waals surface area contributed by atoms with Gasteiger partial charge in [0.15, 0.2) is 0 Å². The van der Waals surface area contributed by atoms with Gasteiger partial charge in [0.25, 0.3) is 0 Å². The van der Waals surface area contributed by atoms with Crippen molar-refractivity contribution in [2.45, 2.75) is 25.9 Å². The lowest BCUT2D eigenvalue weighted by Crippen LogP contribution is -2.39. The van der Waals surface area contributed by atoms with Crippen LogP contribution in [0.3, 0.4) is 0 Å². The number of carbonyl (C=O) groups excluding carboxylic acids is 1. The van der Waals surface area contributed by atoms with Crippen molar-refractivity contribution in [1.82, 2.24) is 4.90 Å². The minimum absolute atomic E-state index is 0.0239. The number of β-amino-alcohol motifs (C(OH)–C–C–N with tert-alkyl or cyclic N) is 1. The van der Waals surface area contributed by atoms with Gasteiger partial charge < -0.3 is 14.7 Å². The predicted molar refractivity (Wildman–Crippen MR) is 77.2 cm³/mol. The first-order valence-corrected chi connectivity index (χ1v) is 7.42. The highest BCUT2D eigenvalue weighted by molar-refractivity contribution is 5.72. The van der Waals surface area contributed by atoms with Crippen molar-refractivity contribution in [3.05, 3.63) is 35.6 Å². The molecule has 0 spiro atoms. The molecule has 1 heterocycles. The molecule has 0 bridgehead atoms. The molecule has 5 heteroatoms. The highest BCUT2D eigenvalue weighted by Crippen LogP contribution is 2.21. The minimum atomic E-state index is -0.634. The predicted octanol–water partition coefficient (Wildman–Crippen LogP) is 2.13. The van der Waals surface area contributed by atoms with Crippen LogP contribution in [0.2, 0.25) is 0 Å². The Hall–Kier alpha value is -1.46. The fourth-order valence-electron chi connectivity index (χ4n) is 2.65. The average Bonchev–Trinajstić information content (AvgIpc) is 2.49. The number of rotatable bonds is 5. The van der Waals surface area contributed by atoms with Gasteiger partial charge in [-0.05, 0) is 50.6 Å². The van der Waals surface area contributed by atoms with E-state index in [-0.39, 0.29) is 17.7 Å². The van der Waals surface area contributed by atoms with E-state index in [0.29, 0.717) is 18.7 Å². The Morgan fingerprint density at radius 2 is 2.00 bits per heavy atom. The minimum Gasteiger partial charge on any atom is -0.466 e. The van der Waals surface area contributed by atoms with Crippen LogP contribution in [0.1, 0.15) is 31.4 Å². The second-order valence-electron chi connectivity index (χ2n) is 5.39. The van der Waals surface area contributed by atoms with Gasteiger partial charge in [0.1, 0.15) is 5.82 Å². The Bertz CT molecular complexity index is 455. The van der Waals surface area contributed by atoms with Gasteiger partial charge >= 0.3 is 5.97 Å². The number of ether oxygens (including phenoxy) is 1. The molecule has 0 saturated carbocycles. The molecule has 1 N–H and O–H groups in total. The zero-order chi connectivity index (χ0) is 15.2. The van der Waals surface area contributed by atoms with E-state index in [2.05, 4.69) is 4.90 Å². The van der Waals surface area contributed by atoms with E-state index < -0.39 is 6.10 Å². The molecule has 0 aromatic heterocycles. The largest absolute Gasteiger partial charge is 0.466 e. The van der Waals surface area contributed by atoms with E-state index in [1.54, 1.807) is 12.1 Å². The molecule has 1 atom stereocenters. The van der Waals surface area contributed by atoms with Crippen molar-refractivity contribution in [2.24, 2.45) is 5.92 Å². The molecule has 21 heavy (non-hydrogen) atoms. The van der Waals surface area contributed by atoms with Crippen LogP contribution in [-0.4, -0.2) is 42.2 Å². The van der Waals surface area contributed by atoms with Crippen molar-refractivity contribution in [1.29, 1.82) is 0 Å². The molecule has 1 unspecified atom stereocenters. The molecule has 4 nitrogen and oxygen atoms in total. The van der Waals surface area contributed by atoms with Gasteiger partial charge in [-0.1, -0.05) is 12.1 Å². The van der Waals surface area contributed by atoms with E-state index in [9.17, 15) is 14.3 Å². The normalized spacial score (nSPS) is 18.4. The molecule has 1 aromatic rings. The van der Waals surface area contributed by atoms with E-state index in [1.807, 2.05) is 6.92 Å². The van der Waals surface area contributed by atoms with E-state index in [0.717, 1.165) is 25.9 Å². The summed E-state index contributed by atoms with van der Waals surface area (Å²) in [6, 6.07) is 5.91. The number of halogens is 1. The lowest BCUT2D eigenvalue weighted by molar-refractivity contribution is -0.149. The summed E-state index contributed by atoms with van der Waals surface area (Å²) in [5.41, 5.74) is 0.712. The third-order valence-electron chi connectivity index (χ3n) is 3.89. The van der Waals surface area contributed by atoms with Crippen molar-refractivity contribution in [2.75, 3.05) is 26.2 Å². The van der Waals surface area contributed by atoms with Gasteiger partial charge in [-0.3, -0.25) is 4.79 Å². The van der Waals surface area contributed by atoms with Crippen LogP contribution in [0, 0.1) is 11.7 Å². The van der Waals surface area contributed by atoms with Gasteiger partial charge in [-0.15, -0.1) is 0 Å². The fourth-order valence-corrected chi connectivity index (χ4v) is 2.65. The third kappa shape index (κ3) is 4.51. The lowest BCUT2D eigenvalue weighted by Gasteiger charge is -2.32. The summed E-state index contributed by atoms with van der Waals surface area (Å²) >= 11 is 0. The van der Waals surface area contributed by atoms with Gasteiger partial charge in [0.05, 0.1) is 18.6 Å². The van der Waals surface area contributed by atoms with Crippen molar-refractivity contribution in [3.8, 4) is 0 Å². The van der Waals surface area contributed by atoms with Gasteiger partial charge in [-0.2, -0.15) is 0 Å². The molecular formula is C16H22FNO3. The molecule has 0 radical (unpaired) electrons. The Labute approximate surface area is 124 Å². The summed E-state index contributed by atoms with van der Waals surface area (Å²) in [4.78, 5) is 13.8. The van der Waals surface area contributed by atoms with Crippen LogP contribution < -0.4 is 0 Å². The first kappa shape index (κ1) is 15.9. The van der Waals surface area contributed by atoms with E-state index >= 15 is 0 Å². The number of hydrogen-bond acceptors (Lipinski definition) is 4. The summed E-state index contributed by atoms with van der Waals surface area (Å²) in [5.74, 6) is -0.443. The first-order valence-electron chi connectivity index (χ1n) is 7.42. The number of hydrogen-bond donors (Lipinski definition) is 1. The van der Waals surface area contributed by atoms with Gasteiger partial charge in [-0.25, -0.2) is 4.39 Å². The number of carbonyl (C=O) groups is 1. The molecule has 2 rings (SSSR count). The number of aliphatic hydroxyl groups excluding tert-OH is 1. The van der Waals surface area contributed by atoms with Crippen molar-refractivity contribution in [3.63, 3.8) is 0 Å². The quantitative estimate of drug-likeness (QED) is 0.846. The van der Waals surface area contributed by atoms with Crippen LogP contribution in [0.25, 0.3) is 0 Å². The monoisotopic (exact) mass is 295 g/mol. The Morgan fingerprint density at radius 1 is 1.38 bits per heavy atom. The topological polar surface area (TPSA) is 49.8 Å². The zero-order valence-corrected chi connectivity index (χ0v) is 12.3. The second-order valence-corrected chi connectivity index (χ2v) is 5.39. The maximum Gasteiger partial charge on any atom is 0.309 e. The number of piperidine rings is 1. The summed E-state index contributed by atoms with van der Waals surface area (Å²) in [6.45, 7) is 4.26. The maximum atomic E-state index is 12.9. The first-order chi connectivity index (χ1) is 10.1. The highest BCUT2D eigenvalue weighted by atomic mass is 19.1. The summed E-state index contributed by atoms with van der Waals surface area (Å²) in [7, 11) is 0. The molecule has 1 aliphatic heterocycles. The van der Waals surface area contributed by atoms with E-state index in [1.165, 1.54) is 12.1 Å². The number of aliphatic hydroxyl groups is 1. The van der Waals surface area contributed by atoms with Crippen LogP contribution in [0.4, 0.5) is 4.39 Å². The Balaban J connectivity index is 1.80. The summed E-state index contributed by atoms with van der Waals surface area (Å²) < 4.78 is 17.9. The molecule has 1 fully saturated rings. The van der Waals surface area contributed by atoms with Crippen molar-refractivity contribution < 1.29 is 19.0 Å². The summed E-state index contributed by atoms with van der Waals surface area (Å²) in [5, 5.41) is 10.2. The molecule has 0 aliphatic carbocycles. The van der Waals surface area contributed by atoms with Crippen LogP contribution in [-0.2, 0) is 9.53 Å². The van der Waals surface area contributed by atoms with Gasteiger partial charge in [0.2, 0.25) is 0 Å². The third-order valence-corrected chi connectivity index (χ3v) is 3.89. The molecule has 1 aliphatic rings. The molecule has 1 aromatic carbocycles. The fraction of sp³-hybridized carbons (Fsp3) is 0.562. The molecular weight excluding hydrogens is 273 g/mol. The van der Waals surface area contributed by atoms with Crippen LogP contribution in [0.5, 0.6) is 0 Å². The average molecular weight is 295 g/mol. The molecule has 116 valence electrons. The van der Waals surface area contributed by atoms with E-state index in [4.69, 9.17) is 4.74 Å². The van der Waals surface area contributed by atoms with Crippen LogP contribution >= 0.6 is 0 Å². The standard InChI is InChI=1S/C16H22FNO3/c1-2-21-16(20)13-7-9-18(10-8-13)11-15(19)12-3-5-14(17)6-4-12/h3-6,13,15,19H,2,7-11H2,1H3. The highest BCUT2D eigenvalue weighted by Gasteiger charge is 2.26. The smallest absolute Gasteiger partial charge is 0.309 e. The van der Waals surface area contributed by atoms with Crippen LogP contribution in [0.15, 0.2) is 24.3 Å². The maximum absolute atomic E-state index is 12.9. The SMILES string of the molecule is CCOC(=O)C1CCN(CC(O)c2ccc(F)cc2)CC1. The zero-order valence-electron chi connectivity index (χ0n) is 12.3. The Kier molecular flexibility index (Phi) is 5.70. The molecule has 0 amide bonds. The Morgan fingerprint density at radius 3 is 2.57 bits per heavy atom.